The van der Waals surface area contributed by atoms with E-state index in [0.717, 1.165) is 33.5 Å². The van der Waals surface area contributed by atoms with Gasteiger partial charge in [-0.2, -0.15) is 9.78 Å². The summed E-state index contributed by atoms with van der Waals surface area (Å²) >= 11 is 1.64. The Balaban J connectivity index is 1.77. The topological polar surface area (TPSA) is 61.5 Å². The molecule has 0 N–H and O–H groups in total. The van der Waals surface area contributed by atoms with Crippen molar-refractivity contribution in [1.29, 1.82) is 0 Å². The van der Waals surface area contributed by atoms with Gasteiger partial charge in [-0.15, -0.1) is 10.2 Å². The molecule has 7 heteroatoms. The van der Waals surface area contributed by atoms with Gasteiger partial charge in [-0.05, 0) is 50.2 Å². The molecule has 0 bridgehead atoms. The van der Waals surface area contributed by atoms with Gasteiger partial charge >= 0.3 is 0 Å². The number of fused-ring (bicyclic) bond motifs is 1. The molecular weight excluding hydrogens is 360 g/mol. The number of ether oxygens (including phenoxy) is 2. The number of para-hydroxylation sites is 1. The van der Waals surface area contributed by atoms with Crippen molar-refractivity contribution in [1.82, 2.24) is 14.9 Å². The molecule has 2 heterocycles. The van der Waals surface area contributed by atoms with E-state index in [0.29, 0.717) is 12.4 Å². The number of hydrogen-bond donors (Lipinski definition) is 0. The molecule has 0 amide bonds. The molecule has 1 aromatic heterocycles. The minimum absolute atomic E-state index is 0.145. The molecule has 6 nitrogen and oxygen atoms in total. The van der Waals surface area contributed by atoms with E-state index in [1.54, 1.807) is 18.9 Å². The average Bonchev–Trinajstić information content (AvgIpc) is 3.11. The summed E-state index contributed by atoms with van der Waals surface area (Å²) in [4.78, 5) is 0. The third-order valence-corrected chi connectivity index (χ3v) is 5.34. The summed E-state index contributed by atoms with van der Waals surface area (Å²) in [5.74, 6) is 2.35. The summed E-state index contributed by atoms with van der Waals surface area (Å²) in [5.41, 5.74) is 2.87. The SMILES string of the molecule is CCOc1ccc(-c2nnc3n2N=C(c2ccccc2OC)[C@@H](C)S3)cc1. The highest BCUT2D eigenvalue weighted by Crippen LogP contribution is 2.34. The predicted octanol–water partition coefficient (Wildman–Crippen LogP) is 4.10. The smallest absolute Gasteiger partial charge is 0.213 e. The van der Waals surface area contributed by atoms with Crippen molar-refractivity contribution >= 4 is 17.5 Å². The van der Waals surface area contributed by atoms with Crippen molar-refractivity contribution in [2.24, 2.45) is 5.10 Å². The van der Waals surface area contributed by atoms with Crippen LogP contribution in [0.3, 0.4) is 0 Å². The first-order valence-corrected chi connectivity index (χ1v) is 9.66. The van der Waals surface area contributed by atoms with Gasteiger partial charge in [-0.1, -0.05) is 23.9 Å². The van der Waals surface area contributed by atoms with E-state index < -0.39 is 0 Å². The zero-order valence-corrected chi connectivity index (χ0v) is 16.2. The van der Waals surface area contributed by atoms with Crippen LogP contribution < -0.4 is 9.47 Å². The van der Waals surface area contributed by atoms with E-state index >= 15 is 0 Å². The quantitative estimate of drug-likeness (QED) is 0.667. The number of aromatic nitrogens is 3. The first-order valence-electron chi connectivity index (χ1n) is 8.78. The highest BCUT2D eigenvalue weighted by molar-refractivity contribution is 8.00. The normalized spacial score (nSPS) is 15.8. The van der Waals surface area contributed by atoms with Gasteiger partial charge in [0, 0.05) is 11.1 Å². The van der Waals surface area contributed by atoms with Gasteiger partial charge in [0.2, 0.25) is 5.16 Å². The molecule has 2 aromatic carbocycles. The molecule has 0 saturated carbocycles. The van der Waals surface area contributed by atoms with Gasteiger partial charge < -0.3 is 9.47 Å². The summed E-state index contributed by atoms with van der Waals surface area (Å²) < 4.78 is 12.8. The Morgan fingerprint density at radius 3 is 2.59 bits per heavy atom. The van der Waals surface area contributed by atoms with Crippen molar-refractivity contribution in [3.63, 3.8) is 0 Å². The molecule has 1 aliphatic heterocycles. The third kappa shape index (κ3) is 3.30. The fourth-order valence-electron chi connectivity index (χ4n) is 3.01. The fourth-order valence-corrected chi connectivity index (χ4v) is 3.93. The largest absolute Gasteiger partial charge is 0.496 e. The van der Waals surface area contributed by atoms with Crippen LogP contribution >= 0.6 is 11.8 Å². The lowest BCUT2D eigenvalue weighted by Gasteiger charge is -2.21. The Labute approximate surface area is 162 Å². The van der Waals surface area contributed by atoms with Crippen LogP contribution in [0.1, 0.15) is 19.4 Å². The Hall–Kier alpha value is -2.80. The highest BCUT2D eigenvalue weighted by atomic mass is 32.2. The summed E-state index contributed by atoms with van der Waals surface area (Å²) in [6.45, 7) is 4.72. The molecule has 138 valence electrons. The van der Waals surface area contributed by atoms with Crippen LogP contribution in [0, 0.1) is 0 Å². The van der Waals surface area contributed by atoms with E-state index in [4.69, 9.17) is 14.6 Å². The summed E-state index contributed by atoms with van der Waals surface area (Å²) in [7, 11) is 1.68. The van der Waals surface area contributed by atoms with Gasteiger partial charge in [-0.3, -0.25) is 0 Å². The Morgan fingerprint density at radius 2 is 1.85 bits per heavy atom. The monoisotopic (exact) mass is 380 g/mol. The van der Waals surface area contributed by atoms with Gasteiger partial charge in [0.25, 0.3) is 0 Å². The molecular formula is C20H20N4O2S. The number of thioether (sulfide) groups is 1. The van der Waals surface area contributed by atoms with E-state index in [9.17, 15) is 0 Å². The maximum atomic E-state index is 5.52. The van der Waals surface area contributed by atoms with Crippen LogP contribution in [-0.2, 0) is 0 Å². The van der Waals surface area contributed by atoms with Gasteiger partial charge in [0.1, 0.15) is 11.5 Å². The standard InChI is InChI=1S/C20H20N4O2S/c1-4-26-15-11-9-14(10-12-15)19-21-22-20-24(19)23-18(13(2)27-20)16-7-5-6-8-17(16)25-3/h5-13H,4H2,1-3H3/t13-/m1/s1. The molecule has 0 unspecified atom stereocenters. The van der Waals surface area contributed by atoms with Gasteiger partial charge in [-0.25, -0.2) is 0 Å². The van der Waals surface area contributed by atoms with Crippen molar-refractivity contribution in [3.05, 3.63) is 54.1 Å². The zero-order chi connectivity index (χ0) is 18.8. The predicted molar refractivity (Wildman–Crippen MR) is 107 cm³/mol. The van der Waals surface area contributed by atoms with Crippen LogP contribution in [0.5, 0.6) is 11.5 Å². The Kier molecular flexibility index (Phi) is 4.85. The van der Waals surface area contributed by atoms with E-state index in [1.165, 1.54) is 0 Å². The maximum absolute atomic E-state index is 5.52. The molecule has 0 aliphatic carbocycles. The van der Waals surface area contributed by atoms with Gasteiger partial charge in [0.15, 0.2) is 5.82 Å². The molecule has 4 rings (SSSR count). The van der Waals surface area contributed by atoms with Crippen LogP contribution in [0.4, 0.5) is 0 Å². The molecule has 0 radical (unpaired) electrons. The van der Waals surface area contributed by atoms with Crippen LogP contribution in [0.25, 0.3) is 11.4 Å². The second-order valence-electron chi connectivity index (χ2n) is 6.02. The number of nitrogens with zero attached hydrogens (tertiary/aromatic N) is 4. The highest BCUT2D eigenvalue weighted by Gasteiger charge is 2.27. The summed E-state index contributed by atoms with van der Waals surface area (Å²) in [5, 5.41) is 14.5. The van der Waals surface area contributed by atoms with Crippen LogP contribution in [-0.4, -0.2) is 39.6 Å². The summed E-state index contributed by atoms with van der Waals surface area (Å²) in [6.07, 6.45) is 0. The molecule has 1 atom stereocenters. The number of rotatable bonds is 5. The fraction of sp³-hybridized carbons (Fsp3) is 0.250. The Bertz CT molecular complexity index is 982. The van der Waals surface area contributed by atoms with Crippen molar-refractivity contribution in [3.8, 4) is 22.9 Å². The zero-order valence-electron chi connectivity index (χ0n) is 15.4. The van der Waals surface area contributed by atoms with Crippen molar-refractivity contribution < 1.29 is 9.47 Å². The van der Waals surface area contributed by atoms with Crippen LogP contribution in [0.15, 0.2) is 58.8 Å². The molecule has 1 aliphatic rings. The van der Waals surface area contributed by atoms with E-state index in [-0.39, 0.29) is 5.25 Å². The first kappa shape index (κ1) is 17.6. The first-order chi connectivity index (χ1) is 13.2. The minimum Gasteiger partial charge on any atom is -0.496 e. The lowest BCUT2D eigenvalue weighted by molar-refractivity contribution is 0.340. The van der Waals surface area contributed by atoms with Crippen molar-refractivity contribution in [2.45, 2.75) is 24.3 Å². The lowest BCUT2D eigenvalue weighted by atomic mass is 10.1. The lowest BCUT2D eigenvalue weighted by Crippen LogP contribution is -2.22. The molecule has 3 aromatic rings. The molecule has 0 saturated heterocycles. The number of methoxy groups -OCH3 is 1. The molecule has 27 heavy (non-hydrogen) atoms. The van der Waals surface area contributed by atoms with Gasteiger partial charge in [0.05, 0.1) is 24.7 Å². The van der Waals surface area contributed by atoms with E-state index in [2.05, 4.69) is 17.1 Å². The molecule has 0 fully saturated rings. The second-order valence-corrected chi connectivity index (χ2v) is 7.33. The van der Waals surface area contributed by atoms with Crippen molar-refractivity contribution in [2.75, 3.05) is 13.7 Å². The molecule has 0 spiro atoms. The average molecular weight is 380 g/mol. The summed E-state index contributed by atoms with van der Waals surface area (Å²) in [6, 6.07) is 15.7. The van der Waals surface area contributed by atoms with E-state index in [1.807, 2.05) is 60.1 Å². The maximum Gasteiger partial charge on any atom is 0.213 e. The number of benzene rings is 2. The third-order valence-electron chi connectivity index (χ3n) is 4.29. The van der Waals surface area contributed by atoms with Crippen LogP contribution in [0.2, 0.25) is 0 Å². The Morgan fingerprint density at radius 1 is 1.07 bits per heavy atom. The number of hydrogen-bond acceptors (Lipinski definition) is 6. The minimum atomic E-state index is 0.145. The second kappa shape index (κ2) is 7.44.